The molecule has 0 spiro atoms. The fraction of sp³-hybridized carbons (Fsp3) is 0.154. The van der Waals surface area contributed by atoms with Crippen LogP contribution in [0.25, 0.3) is 0 Å². The third-order valence-corrected chi connectivity index (χ3v) is 2.68. The van der Waals surface area contributed by atoms with Crippen molar-refractivity contribution in [3.63, 3.8) is 0 Å². The lowest BCUT2D eigenvalue weighted by Gasteiger charge is -2.09. The molecule has 0 fully saturated rings. The van der Waals surface area contributed by atoms with Crippen molar-refractivity contribution >= 4 is 17.3 Å². The van der Waals surface area contributed by atoms with E-state index in [-0.39, 0.29) is 16.9 Å². The average molecular weight is 266 g/mol. The van der Waals surface area contributed by atoms with E-state index in [4.69, 9.17) is 10.2 Å². The Morgan fingerprint density at radius 2 is 2.11 bits per heavy atom. The summed E-state index contributed by atoms with van der Waals surface area (Å²) in [6.45, 7) is 1.81. The number of halogens is 2. The van der Waals surface area contributed by atoms with Crippen LogP contribution in [0.2, 0.25) is 0 Å². The Labute approximate surface area is 108 Å². The van der Waals surface area contributed by atoms with Gasteiger partial charge in [-0.25, -0.2) is 8.78 Å². The number of anilines is 2. The highest BCUT2D eigenvalue weighted by molar-refractivity contribution is 6.06. The number of nitrogens with two attached hydrogens (primary N) is 1. The van der Waals surface area contributed by atoms with Gasteiger partial charge in [0.05, 0.1) is 17.5 Å². The van der Waals surface area contributed by atoms with Gasteiger partial charge in [0, 0.05) is 6.42 Å². The Hall–Kier alpha value is -2.37. The molecule has 0 saturated heterocycles. The summed E-state index contributed by atoms with van der Waals surface area (Å²) in [7, 11) is 0. The van der Waals surface area contributed by atoms with Crippen LogP contribution in [0.1, 0.15) is 23.0 Å². The van der Waals surface area contributed by atoms with Gasteiger partial charge >= 0.3 is 0 Å². The monoisotopic (exact) mass is 266 g/mol. The zero-order chi connectivity index (χ0) is 14.0. The molecular formula is C13H12F2N2O2. The van der Waals surface area contributed by atoms with Gasteiger partial charge in [-0.2, -0.15) is 0 Å². The zero-order valence-electron chi connectivity index (χ0n) is 10.2. The van der Waals surface area contributed by atoms with E-state index in [2.05, 4.69) is 5.32 Å². The van der Waals surface area contributed by atoms with Crippen LogP contribution in [0.5, 0.6) is 0 Å². The van der Waals surface area contributed by atoms with Crippen LogP contribution < -0.4 is 11.1 Å². The summed E-state index contributed by atoms with van der Waals surface area (Å²) in [6.07, 6.45) is 1.87. The van der Waals surface area contributed by atoms with Crippen LogP contribution in [-0.2, 0) is 6.42 Å². The van der Waals surface area contributed by atoms with E-state index < -0.39 is 17.5 Å². The number of carbonyl (C=O) groups excluding carboxylic acids is 1. The van der Waals surface area contributed by atoms with E-state index in [0.29, 0.717) is 12.2 Å². The van der Waals surface area contributed by atoms with E-state index in [9.17, 15) is 13.6 Å². The minimum Gasteiger partial charge on any atom is -0.469 e. The molecule has 1 heterocycles. The summed E-state index contributed by atoms with van der Waals surface area (Å²) in [5, 5.41) is 2.26. The SMILES string of the molecule is CCc1occc1C(=O)Nc1c(N)ccc(F)c1F. The Morgan fingerprint density at radius 3 is 2.79 bits per heavy atom. The molecule has 1 aromatic heterocycles. The highest BCUT2D eigenvalue weighted by Gasteiger charge is 2.18. The minimum absolute atomic E-state index is 0.0474. The van der Waals surface area contributed by atoms with Gasteiger partial charge in [0.2, 0.25) is 0 Å². The second-order valence-electron chi connectivity index (χ2n) is 3.89. The maximum Gasteiger partial charge on any atom is 0.259 e. The molecule has 0 atom stereocenters. The van der Waals surface area contributed by atoms with Crippen molar-refractivity contribution in [2.75, 3.05) is 11.1 Å². The van der Waals surface area contributed by atoms with E-state index in [0.717, 1.165) is 6.07 Å². The van der Waals surface area contributed by atoms with Crippen molar-refractivity contribution in [1.29, 1.82) is 0 Å². The van der Waals surface area contributed by atoms with Gasteiger partial charge in [-0.15, -0.1) is 0 Å². The number of benzene rings is 1. The summed E-state index contributed by atoms with van der Waals surface area (Å²) >= 11 is 0. The number of amides is 1. The molecule has 2 aromatic rings. The highest BCUT2D eigenvalue weighted by Crippen LogP contribution is 2.25. The van der Waals surface area contributed by atoms with Crippen molar-refractivity contribution < 1.29 is 18.0 Å². The summed E-state index contributed by atoms with van der Waals surface area (Å²) in [6, 6.07) is 3.54. The molecule has 0 bridgehead atoms. The first kappa shape index (κ1) is 13.1. The fourth-order valence-corrected chi connectivity index (χ4v) is 1.69. The normalized spacial score (nSPS) is 10.5. The lowest BCUT2D eigenvalue weighted by molar-refractivity contribution is 0.102. The molecular weight excluding hydrogens is 254 g/mol. The number of nitrogen functional groups attached to an aromatic ring is 1. The number of hydrogen-bond acceptors (Lipinski definition) is 3. The van der Waals surface area contributed by atoms with Crippen LogP contribution in [-0.4, -0.2) is 5.91 Å². The molecule has 0 radical (unpaired) electrons. The molecule has 0 saturated carbocycles. The van der Waals surface area contributed by atoms with Crippen LogP contribution >= 0.6 is 0 Å². The summed E-state index contributed by atoms with van der Waals surface area (Å²) in [5.74, 6) is -2.39. The summed E-state index contributed by atoms with van der Waals surface area (Å²) in [5.41, 5.74) is 5.37. The Kier molecular flexibility index (Phi) is 3.50. The van der Waals surface area contributed by atoms with E-state index in [1.54, 1.807) is 0 Å². The predicted molar refractivity (Wildman–Crippen MR) is 66.8 cm³/mol. The largest absolute Gasteiger partial charge is 0.469 e. The third kappa shape index (κ3) is 2.42. The summed E-state index contributed by atoms with van der Waals surface area (Å²) < 4.78 is 31.7. The Morgan fingerprint density at radius 1 is 1.37 bits per heavy atom. The molecule has 0 aliphatic heterocycles. The molecule has 2 rings (SSSR count). The molecule has 3 N–H and O–H groups in total. The van der Waals surface area contributed by atoms with Gasteiger partial charge in [-0.3, -0.25) is 4.79 Å². The quantitative estimate of drug-likeness (QED) is 0.839. The van der Waals surface area contributed by atoms with Gasteiger partial charge < -0.3 is 15.5 Å². The van der Waals surface area contributed by atoms with Gasteiger partial charge in [-0.05, 0) is 18.2 Å². The average Bonchev–Trinajstić information content (AvgIpc) is 2.87. The number of hydrogen-bond donors (Lipinski definition) is 2. The molecule has 0 aliphatic carbocycles. The lowest BCUT2D eigenvalue weighted by atomic mass is 10.2. The molecule has 1 amide bonds. The van der Waals surface area contributed by atoms with E-state index >= 15 is 0 Å². The topological polar surface area (TPSA) is 68.3 Å². The second kappa shape index (κ2) is 5.09. The van der Waals surface area contributed by atoms with Crippen molar-refractivity contribution in [3.05, 3.63) is 47.4 Å². The van der Waals surface area contributed by atoms with Crippen LogP contribution in [0.4, 0.5) is 20.2 Å². The van der Waals surface area contributed by atoms with Gasteiger partial charge in [0.25, 0.3) is 5.91 Å². The van der Waals surface area contributed by atoms with Crippen LogP contribution in [0.15, 0.2) is 28.9 Å². The first-order valence-corrected chi connectivity index (χ1v) is 5.65. The second-order valence-corrected chi connectivity index (χ2v) is 3.89. The standard InChI is InChI=1S/C13H12F2N2O2/c1-2-10-7(5-6-19-10)13(18)17-12-9(16)4-3-8(14)11(12)15/h3-6H,2,16H2,1H3,(H,17,18). The van der Waals surface area contributed by atoms with Crippen molar-refractivity contribution in [3.8, 4) is 0 Å². The molecule has 1 aromatic carbocycles. The predicted octanol–water partition coefficient (Wildman–Crippen LogP) is 2.95. The number of carbonyl (C=O) groups is 1. The van der Waals surface area contributed by atoms with Gasteiger partial charge in [0.15, 0.2) is 11.6 Å². The maximum atomic E-state index is 13.6. The van der Waals surface area contributed by atoms with Gasteiger partial charge in [0.1, 0.15) is 11.4 Å². The zero-order valence-corrected chi connectivity index (χ0v) is 10.2. The molecule has 0 unspecified atom stereocenters. The van der Waals surface area contributed by atoms with Crippen LogP contribution in [0.3, 0.4) is 0 Å². The number of aryl methyl sites for hydroxylation is 1. The molecule has 4 nitrogen and oxygen atoms in total. The molecule has 19 heavy (non-hydrogen) atoms. The maximum absolute atomic E-state index is 13.6. The first-order chi connectivity index (χ1) is 9.04. The molecule has 0 aliphatic rings. The van der Waals surface area contributed by atoms with Crippen molar-refractivity contribution in [2.45, 2.75) is 13.3 Å². The number of rotatable bonds is 3. The smallest absolute Gasteiger partial charge is 0.259 e. The highest BCUT2D eigenvalue weighted by atomic mass is 19.2. The van der Waals surface area contributed by atoms with Crippen molar-refractivity contribution in [2.24, 2.45) is 0 Å². The number of nitrogens with one attached hydrogen (secondary N) is 1. The fourth-order valence-electron chi connectivity index (χ4n) is 1.69. The lowest BCUT2D eigenvalue weighted by Crippen LogP contribution is -2.15. The molecule has 6 heteroatoms. The van der Waals surface area contributed by atoms with Crippen LogP contribution in [0, 0.1) is 11.6 Å². The molecule has 100 valence electrons. The first-order valence-electron chi connectivity index (χ1n) is 5.65. The summed E-state index contributed by atoms with van der Waals surface area (Å²) in [4.78, 5) is 12.0. The Balaban J connectivity index is 2.32. The number of furan rings is 1. The van der Waals surface area contributed by atoms with Gasteiger partial charge in [-0.1, -0.05) is 6.92 Å². The Bertz CT molecular complexity index is 623. The van der Waals surface area contributed by atoms with Crippen molar-refractivity contribution in [1.82, 2.24) is 0 Å². The third-order valence-electron chi connectivity index (χ3n) is 2.68. The van der Waals surface area contributed by atoms with E-state index in [1.807, 2.05) is 6.92 Å². The van der Waals surface area contributed by atoms with E-state index in [1.165, 1.54) is 18.4 Å². The minimum atomic E-state index is -1.19.